The molecule has 0 aliphatic heterocycles. The Morgan fingerprint density at radius 2 is 1.82 bits per heavy atom. The second-order valence-electron chi connectivity index (χ2n) is 4.93. The van der Waals surface area contributed by atoms with E-state index < -0.39 is 5.91 Å². The topological polar surface area (TPSA) is 43.1 Å². The number of hydrogen-bond acceptors (Lipinski definition) is 1. The highest BCUT2D eigenvalue weighted by Gasteiger charge is 2.07. The van der Waals surface area contributed by atoms with Gasteiger partial charge in [-0.15, -0.1) is 0 Å². The van der Waals surface area contributed by atoms with Crippen molar-refractivity contribution >= 4 is 12.0 Å². The quantitative estimate of drug-likeness (QED) is 0.793. The number of rotatable bonds is 4. The van der Waals surface area contributed by atoms with Gasteiger partial charge in [-0.1, -0.05) is 45.9 Å². The fraction of sp³-hybridized carbons (Fsp3) is 0.400. The van der Waals surface area contributed by atoms with Crippen LogP contribution in [0, 0.1) is 0 Å². The molecule has 0 spiro atoms. The van der Waals surface area contributed by atoms with E-state index >= 15 is 0 Å². The molecular weight excluding hydrogens is 210 g/mol. The van der Waals surface area contributed by atoms with Crippen molar-refractivity contribution in [1.82, 2.24) is 0 Å². The van der Waals surface area contributed by atoms with Crippen molar-refractivity contribution in [2.45, 2.75) is 39.5 Å². The smallest absolute Gasteiger partial charge is 0.241 e. The number of hydrogen-bond donors (Lipinski definition) is 1. The summed E-state index contributed by atoms with van der Waals surface area (Å²) in [5.74, 6) is 0.538. The third-order valence-electron chi connectivity index (χ3n) is 2.83. The summed E-state index contributed by atoms with van der Waals surface area (Å²) in [6, 6.07) is 6.39. The molecule has 0 bridgehead atoms. The van der Waals surface area contributed by atoms with E-state index in [4.69, 9.17) is 5.73 Å². The van der Waals surface area contributed by atoms with Crippen LogP contribution >= 0.6 is 0 Å². The summed E-state index contributed by atoms with van der Waals surface area (Å²) in [7, 11) is 0. The number of primary amides is 1. The Hall–Kier alpha value is -1.57. The summed E-state index contributed by atoms with van der Waals surface area (Å²) in [5, 5.41) is 0. The standard InChI is InChI=1S/C15H21NO/c1-10(2)13-6-5-12(7-8-15(16)17)14(9-13)11(3)4/h5-11H,1-4H3,(H2,16,17). The molecule has 0 aliphatic carbocycles. The highest BCUT2D eigenvalue weighted by molar-refractivity contribution is 5.90. The predicted molar refractivity (Wildman–Crippen MR) is 72.8 cm³/mol. The first-order valence-corrected chi connectivity index (χ1v) is 6.03. The number of carbonyl (C=O) groups is 1. The van der Waals surface area contributed by atoms with E-state index in [0.29, 0.717) is 11.8 Å². The minimum absolute atomic E-state index is 0.410. The predicted octanol–water partition coefficient (Wildman–Crippen LogP) is 3.43. The van der Waals surface area contributed by atoms with Gasteiger partial charge in [-0.3, -0.25) is 4.79 Å². The molecule has 1 rings (SSSR count). The van der Waals surface area contributed by atoms with Crippen LogP contribution < -0.4 is 5.73 Å². The van der Waals surface area contributed by atoms with E-state index in [-0.39, 0.29) is 0 Å². The monoisotopic (exact) mass is 231 g/mol. The maximum absolute atomic E-state index is 10.8. The normalized spacial score (nSPS) is 11.6. The van der Waals surface area contributed by atoms with E-state index in [1.54, 1.807) is 6.08 Å². The molecule has 1 aromatic carbocycles. The lowest BCUT2D eigenvalue weighted by atomic mass is 9.91. The van der Waals surface area contributed by atoms with Gasteiger partial charge in [-0.2, -0.15) is 0 Å². The highest BCUT2D eigenvalue weighted by atomic mass is 16.1. The van der Waals surface area contributed by atoms with Crippen molar-refractivity contribution in [3.8, 4) is 0 Å². The Kier molecular flexibility index (Phi) is 4.50. The van der Waals surface area contributed by atoms with Gasteiger partial charge in [-0.25, -0.2) is 0 Å². The molecule has 92 valence electrons. The van der Waals surface area contributed by atoms with E-state index in [2.05, 4.69) is 45.9 Å². The van der Waals surface area contributed by atoms with Gasteiger partial charge in [0.1, 0.15) is 0 Å². The van der Waals surface area contributed by atoms with Gasteiger partial charge in [0.15, 0.2) is 0 Å². The molecular formula is C15H21NO. The molecule has 0 aliphatic rings. The fourth-order valence-corrected chi connectivity index (χ4v) is 1.78. The molecule has 0 fully saturated rings. The zero-order chi connectivity index (χ0) is 13.0. The Labute approximate surface area is 104 Å². The molecule has 2 nitrogen and oxygen atoms in total. The minimum Gasteiger partial charge on any atom is -0.366 e. The summed E-state index contributed by atoms with van der Waals surface area (Å²) in [5.41, 5.74) is 8.77. The summed E-state index contributed by atoms with van der Waals surface area (Å²) < 4.78 is 0. The van der Waals surface area contributed by atoms with Crippen molar-refractivity contribution in [2.24, 2.45) is 5.73 Å². The molecule has 0 saturated heterocycles. The summed E-state index contributed by atoms with van der Waals surface area (Å²) >= 11 is 0. The molecule has 0 atom stereocenters. The lowest BCUT2D eigenvalue weighted by molar-refractivity contribution is -0.113. The van der Waals surface area contributed by atoms with Crippen LogP contribution in [-0.2, 0) is 4.79 Å². The van der Waals surface area contributed by atoms with Crippen LogP contribution in [0.5, 0.6) is 0 Å². The lowest BCUT2D eigenvalue weighted by Crippen LogP contribution is -2.05. The van der Waals surface area contributed by atoms with E-state index in [1.165, 1.54) is 17.2 Å². The largest absolute Gasteiger partial charge is 0.366 e. The van der Waals surface area contributed by atoms with Crippen LogP contribution in [0.1, 0.15) is 56.2 Å². The van der Waals surface area contributed by atoms with Gasteiger partial charge in [-0.05, 0) is 34.6 Å². The van der Waals surface area contributed by atoms with Gasteiger partial charge in [0.2, 0.25) is 5.91 Å². The molecule has 0 radical (unpaired) electrons. The number of nitrogens with two attached hydrogens (primary N) is 1. The Bertz CT molecular complexity index is 431. The van der Waals surface area contributed by atoms with Gasteiger partial charge in [0, 0.05) is 6.08 Å². The molecule has 2 heteroatoms. The number of amides is 1. The number of benzene rings is 1. The minimum atomic E-state index is -0.410. The first kappa shape index (κ1) is 13.5. The molecule has 17 heavy (non-hydrogen) atoms. The van der Waals surface area contributed by atoms with Crippen LogP contribution in [0.25, 0.3) is 6.08 Å². The summed E-state index contributed by atoms with van der Waals surface area (Å²) in [4.78, 5) is 10.8. The van der Waals surface area contributed by atoms with Crippen molar-refractivity contribution in [1.29, 1.82) is 0 Å². The third-order valence-corrected chi connectivity index (χ3v) is 2.83. The zero-order valence-corrected chi connectivity index (χ0v) is 11.0. The first-order valence-electron chi connectivity index (χ1n) is 6.03. The van der Waals surface area contributed by atoms with Crippen LogP contribution in [0.3, 0.4) is 0 Å². The number of carbonyl (C=O) groups excluding carboxylic acids is 1. The van der Waals surface area contributed by atoms with Gasteiger partial charge in [0.25, 0.3) is 0 Å². The lowest BCUT2D eigenvalue weighted by Gasteiger charge is -2.14. The van der Waals surface area contributed by atoms with E-state index in [1.807, 2.05) is 0 Å². The van der Waals surface area contributed by atoms with Gasteiger partial charge in [0.05, 0.1) is 0 Å². The average molecular weight is 231 g/mol. The molecule has 0 aromatic heterocycles. The SMILES string of the molecule is CC(C)c1ccc(C=CC(N)=O)c(C(C)C)c1. The molecule has 1 amide bonds. The van der Waals surface area contributed by atoms with Crippen molar-refractivity contribution in [3.05, 3.63) is 41.0 Å². The molecule has 0 heterocycles. The molecule has 0 unspecified atom stereocenters. The first-order chi connectivity index (χ1) is 7.91. The fourth-order valence-electron chi connectivity index (χ4n) is 1.78. The van der Waals surface area contributed by atoms with E-state index in [9.17, 15) is 4.79 Å². The van der Waals surface area contributed by atoms with Crippen LogP contribution in [0.15, 0.2) is 24.3 Å². The average Bonchev–Trinajstić information content (AvgIpc) is 2.25. The second-order valence-corrected chi connectivity index (χ2v) is 4.93. The Morgan fingerprint density at radius 1 is 1.18 bits per heavy atom. The summed E-state index contributed by atoms with van der Waals surface area (Å²) in [6.45, 7) is 8.67. The Balaban J connectivity index is 3.17. The van der Waals surface area contributed by atoms with Crippen molar-refractivity contribution in [3.63, 3.8) is 0 Å². The Morgan fingerprint density at radius 3 is 2.29 bits per heavy atom. The molecule has 1 aromatic rings. The van der Waals surface area contributed by atoms with Gasteiger partial charge >= 0.3 is 0 Å². The van der Waals surface area contributed by atoms with Crippen LogP contribution in [0.2, 0.25) is 0 Å². The second kappa shape index (κ2) is 5.67. The maximum atomic E-state index is 10.8. The zero-order valence-electron chi connectivity index (χ0n) is 11.0. The molecule has 2 N–H and O–H groups in total. The van der Waals surface area contributed by atoms with Crippen LogP contribution in [0.4, 0.5) is 0 Å². The van der Waals surface area contributed by atoms with Crippen molar-refractivity contribution in [2.75, 3.05) is 0 Å². The van der Waals surface area contributed by atoms with Gasteiger partial charge < -0.3 is 5.73 Å². The maximum Gasteiger partial charge on any atom is 0.241 e. The highest BCUT2D eigenvalue weighted by Crippen LogP contribution is 2.25. The van der Waals surface area contributed by atoms with Crippen LogP contribution in [-0.4, -0.2) is 5.91 Å². The third kappa shape index (κ3) is 3.74. The molecule has 0 saturated carbocycles. The summed E-state index contributed by atoms with van der Waals surface area (Å²) in [6.07, 6.45) is 3.21. The van der Waals surface area contributed by atoms with E-state index in [0.717, 1.165) is 5.56 Å². The van der Waals surface area contributed by atoms with Crippen molar-refractivity contribution < 1.29 is 4.79 Å².